The van der Waals surface area contributed by atoms with Crippen LogP contribution in [0, 0.1) is 5.82 Å². The molecule has 12 heavy (non-hydrogen) atoms. The molecule has 68 valence electrons. The fourth-order valence-corrected chi connectivity index (χ4v) is 0.971. The summed E-state index contributed by atoms with van der Waals surface area (Å²) in [5.74, 6) is 4.65. The molecule has 0 spiro atoms. The lowest BCUT2D eigenvalue weighted by Crippen LogP contribution is -2.20. The third-order valence-electron chi connectivity index (χ3n) is 1.29. The Morgan fingerprint density at radius 3 is 2.67 bits per heavy atom. The van der Waals surface area contributed by atoms with Crippen molar-refractivity contribution in [1.29, 1.82) is 0 Å². The van der Waals surface area contributed by atoms with Crippen LogP contribution in [-0.2, 0) is 6.54 Å². The van der Waals surface area contributed by atoms with Crippen LogP contribution in [0.25, 0.3) is 0 Å². The summed E-state index contributed by atoms with van der Waals surface area (Å²) in [6.07, 6.45) is 0. The van der Waals surface area contributed by atoms with E-state index in [4.69, 9.17) is 17.4 Å². The Bertz CT molecular complexity index is 255. The molecule has 0 heterocycles. The molecular weight excluding hydrogens is 202 g/mol. The van der Waals surface area contributed by atoms with Gasteiger partial charge in [-0.05, 0) is 17.7 Å². The van der Waals surface area contributed by atoms with Crippen molar-refractivity contribution in [3.05, 3.63) is 34.6 Å². The number of benzene rings is 1. The van der Waals surface area contributed by atoms with E-state index in [1.54, 1.807) is 6.07 Å². The highest BCUT2D eigenvalue weighted by molar-refractivity contribution is 6.30. The molecule has 1 aromatic rings. The SMILES string of the molecule is Cl.NNCc1ccc(F)c(Cl)c1. The summed E-state index contributed by atoms with van der Waals surface area (Å²) in [6.45, 7) is 0.486. The molecule has 0 unspecified atom stereocenters. The maximum absolute atomic E-state index is 12.6. The summed E-state index contributed by atoms with van der Waals surface area (Å²) in [5, 5.41) is 0.123. The number of nitrogens with one attached hydrogen (secondary N) is 1. The highest BCUT2D eigenvalue weighted by Gasteiger charge is 1.98. The van der Waals surface area contributed by atoms with E-state index in [0.717, 1.165) is 5.56 Å². The smallest absolute Gasteiger partial charge is 0.141 e. The van der Waals surface area contributed by atoms with Gasteiger partial charge < -0.3 is 0 Å². The maximum Gasteiger partial charge on any atom is 0.141 e. The number of hydrazine groups is 1. The van der Waals surface area contributed by atoms with Crippen molar-refractivity contribution < 1.29 is 4.39 Å². The van der Waals surface area contributed by atoms with Gasteiger partial charge in [-0.2, -0.15) is 0 Å². The van der Waals surface area contributed by atoms with Crippen molar-refractivity contribution in [3.63, 3.8) is 0 Å². The first-order valence-corrected chi connectivity index (χ1v) is 3.49. The molecule has 0 bridgehead atoms. The lowest BCUT2D eigenvalue weighted by atomic mass is 10.2. The molecule has 0 aliphatic heterocycles. The molecule has 1 aromatic carbocycles. The minimum atomic E-state index is -0.410. The van der Waals surface area contributed by atoms with E-state index in [2.05, 4.69) is 5.43 Å². The summed E-state index contributed by atoms with van der Waals surface area (Å²) in [5.41, 5.74) is 3.31. The van der Waals surface area contributed by atoms with Crippen molar-refractivity contribution in [2.24, 2.45) is 5.84 Å². The van der Waals surface area contributed by atoms with E-state index < -0.39 is 5.82 Å². The van der Waals surface area contributed by atoms with Crippen molar-refractivity contribution in [2.45, 2.75) is 6.54 Å². The lowest BCUT2D eigenvalue weighted by molar-refractivity contribution is 0.626. The number of hydrogen-bond acceptors (Lipinski definition) is 2. The zero-order valence-corrected chi connectivity index (χ0v) is 7.75. The van der Waals surface area contributed by atoms with E-state index in [1.165, 1.54) is 12.1 Å². The van der Waals surface area contributed by atoms with Crippen molar-refractivity contribution in [3.8, 4) is 0 Å². The van der Waals surface area contributed by atoms with Gasteiger partial charge in [-0.15, -0.1) is 12.4 Å². The normalized spacial score (nSPS) is 9.25. The van der Waals surface area contributed by atoms with Gasteiger partial charge in [-0.25, -0.2) is 4.39 Å². The minimum Gasteiger partial charge on any atom is -0.271 e. The molecule has 0 radical (unpaired) electrons. The van der Waals surface area contributed by atoms with Crippen LogP contribution in [0.15, 0.2) is 18.2 Å². The van der Waals surface area contributed by atoms with E-state index >= 15 is 0 Å². The van der Waals surface area contributed by atoms with Gasteiger partial charge >= 0.3 is 0 Å². The maximum atomic E-state index is 12.6. The molecule has 5 heteroatoms. The van der Waals surface area contributed by atoms with E-state index in [9.17, 15) is 4.39 Å². The van der Waals surface area contributed by atoms with Crippen molar-refractivity contribution >= 4 is 24.0 Å². The van der Waals surface area contributed by atoms with Gasteiger partial charge in [-0.1, -0.05) is 17.7 Å². The van der Waals surface area contributed by atoms with Crippen LogP contribution in [0.1, 0.15) is 5.56 Å². The second kappa shape index (κ2) is 5.32. The van der Waals surface area contributed by atoms with Crippen molar-refractivity contribution in [1.82, 2.24) is 5.43 Å². The Morgan fingerprint density at radius 1 is 1.50 bits per heavy atom. The number of hydrogen-bond donors (Lipinski definition) is 2. The highest BCUT2D eigenvalue weighted by Crippen LogP contribution is 2.15. The molecule has 0 aliphatic carbocycles. The largest absolute Gasteiger partial charge is 0.271 e. The number of nitrogens with two attached hydrogens (primary N) is 1. The van der Waals surface area contributed by atoms with Gasteiger partial charge in [-0.3, -0.25) is 11.3 Å². The summed E-state index contributed by atoms with van der Waals surface area (Å²) >= 11 is 5.51. The Kier molecular flexibility index (Phi) is 5.17. The molecule has 0 atom stereocenters. The average Bonchev–Trinajstić information content (AvgIpc) is 1.98. The Balaban J connectivity index is 0.00000121. The summed E-state index contributed by atoms with van der Waals surface area (Å²) in [4.78, 5) is 0. The molecule has 0 saturated carbocycles. The average molecular weight is 211 g/mol. The van der Waals surface area contributed by atoms with Gasteiger partial charge in [0.05, 0.1) is 5.02 Å². The summed E-state index contributed by atoms with van der Waals surface area (Å²) < 4.78 is 12.6. The van der Waals surface area contributed by atoms with Crippen LogP contribution in [0.5, 0.6) is 0 Å². The fraction of sp³-hybridized carbons (Fsp3) is 0.143. The molecule has 0 amide bonds. The Morgan fingerprint density at radius 2 is 2.17 bits per heavy atom. The monoisotopic (exact) mass is 210 g/mol. The topological polar surface area (TPSA) is 38.0 Å². The first-order valence-electron chi connectivity index (χ1n) is 3.11. The van der Waals surface area contributed by atoms with Crippen LogP contribution in [0.3, 0.4) is 0 Å². The standard InChI is InChI=1S/C7H8ClFN2.ClH/c8-6-3-5(4-11-10)1-2-7(6)9;/h1-3,11H,4,10H2;1H. The molecule has 1 rings (SSSR count). The predicted molar refractivity (Wildman–Crippen MR) is 49.7 cm³/mol. The quantitative estimate of drug-likeness (QED) is 0.578. The predicted octanol–water partition coefficient (Wildman–Crippen LogP) is 1.86. The first-order chi connectivity index (χ1) is 5.24. The molecule has 3 N–H and O–H groups in total. The second-order valence-corrected chi connectivity index (χ2v) is 2.54. The zero-order valence-electron chi connectivity index (χ0n) is 6.18. The van der Waals surface area contributed by atoms with Crippen LogP contribution >= 0.6 is 24.0 Å². The summed E-state index contributed by atoms with van der Waals surface area (Å²) in [7, 11) is 0. The minimum absolute atomic E-state index is 0. The third-order valence-corrected chi connectivity index (χ3v) is 1.58. The van der Waals surface area contributed by atoms with Gasteiger partial charge in [0, 0.05) is 6.54 Å². The molecule has 0 aliphatic rings. The molecular formula is C7H9Cl2FN2. The van der Waals surface area contributed by atoms with Crippen LogP contribution in [-0.4, -0.2) is 0 Å². The van der Waals surface area contributed by atoms with Crippen molar-refractivity contribution in [2.75, 3.05) is 0 Å². The highest BCUT2D eigenvalue weighted by atomic mass is 35.5. The van der Waals surface area contributed by atoms with E-state index in [-0.39, 0.29) is 17.4 Å². The van der Waals surface area contributed by atoms with E-state index in [1.807, 2.05) is 0 Å². The molecule has 2 nitrogen and oxygen atoms in total. The van der Waals surface area contributed by atoms with Crippen LogP contribution < -0.4 is 11.3 Å². The first kappa shape index (κ1) is 11.6. The fourth-order valence-electron chi connectivity index (χ4n) is 0.767. The Labute approximate surface area is 81.3 Å². The third kappa shape index (κ3) is 2.95. The second-order valence-electron chi connectivity index (χ2n) is 2.13. The molecule has 0 fully saturated rings. The van der Waals surface area contributed by atoms with E-state index in [0.29, 0.717) is 6.54 Å². The van der Waals surface area contributed by atoms with Gasteiger partial charge in [0.25, 0.3) is 0 Å². The van der Waals surface area contributed by atoms with Gasteiger partial charge in [0.15, 0.2) is 0 Å². The van der Waals surface area contributed by atoms with Crippen LogP contribution in [0.4, 0.5) is 4.39 Å². The van der Waals surface area contributed by atoms with Crippen LogP contribution in [0.2, 0.25) is 5.02 Å². The summed E-state index contributed by atoms with van der Waals surface area (Å²) in [6, 6.07) is 4.48. The van der Waals surface area contributed by atoms with Gasteiger partial charge in [0.2, 0.25) is 0 Å². The lowest BCUT2D eigenvalue weighted by Gasteiger charge is -2.00. The molecule has 0 saturated heterocycles. The Hall–Kier alpha value is -0.350. The molecule has 0 aromatic heterocycles. The zero-order chi connectivity index (χ0) is 8.27. The van der Waals surface area contributed by atoms with Gasteiger partial charge in [0.1, 0.15) is 5.82 Å². The number of rotatable bonds is 2. The number of halogens is 3.